The van der Waals surface area contributed by atoms with Crippen LogP contribution in [-0.4, -0.2) is 41.0 Å². The molecule has 2 fully saturated rings. The number of hydrogen-bond donors (Lipinski definition) is 1. The van der Waals surface area contributed by atoms with Crippen LogP contribution < -0.4 is 5.32 Å². The number of amides is 2. The van der Waals surface area contributed by atoms with E-state index in [-0.39, 0.29) is 17.9 Å². The van der Waals surface area contributed by atoms with Crippen LogP contribution in [0.2, 0.25) is 0 Å². The Morgan fingerprint density at radius 1 is 1.11 bits per heavy atom. The molecule has 6 nitrogen and oxygen atoms in total. The summed E-state index contributed by atoms with van der Waals surface area (Å²) in [5.41, 5.74) is 1.55. The molecule has 2 heterocycles. The summed E-state index contributed by atoms with van der Waals surface area (Å²) in [4.78, 5) is 26.6. The Hall–Kier alpha value is -2.63. The highest BCUT2D eigenvalue weighted by Crippen LogP contribution is 2.40. The second-order valence-electron chi connectivity index (χ2n) is 7.50. The summed E-state index contributed by atoms with van der Waals surface area (Å²) < 4.78 is 5.25. The highest BCUT2D eigenvalue weighted by Gasteiger charge is 2.30. The number of aromatic nitrogens is 1. The molecule has 0 atom stereocenters. The molecule has 1 saturated heterocycles. The average molecular weight is 367 g/mol. The van der Waals surface area contributed by atoms with Gasteiger partial charge in [0.25, 0.3) is 5.91 Å². The maximum absolute atomic E-state index is 12.4. The number of piperidine rings is 1. The molecule has 0 bridgehead atoms. The first-order valence-electron chi connectivity index (χ1n) is 9.78. The zero-order valence-electron chi connectivity index (χ0n) is 15.4. The van der Waals surface area contributed by atoms with Crippen molar-refractivity contribution in [3.63, 3.8) is 0 Å². The smallest absolute Gasteiger partial charge is 0.273 e. The maximum Gasteiger partial charge on any atom is 0.273 e. The first-order chi connectivity index (χ1) is 13.2. The molecule has 1 aromatic heterocycles. The summed E-state index contributed by atoms with van der Waals surface area (Å²) in [6.07, 6.45) is 5.09. The lowest BCUT2D eigenvalue weighted by atomic mass is 10.0. The number of nitrogens with one attached hydrogen (secondary N) is 1. The van der Waals surface area contributed by atoms with Gasteiger partial charge in [0.1, 0.15) is 5.76 Å². The number of likely N-dealkylation sites (tertiary alicyclic amines) is 1. The largest absolute Gasteiger partial charge is 0.360 e. The Bertz CT molecular complexity index is 790. The van der Waals surface area contributed by atoms with Gasteiger partial charge in [0.15, 0.2) is 5.69 Å². The van der Waals surface area contributed by atoms with Crippen molar-refractivity contribution in [2.24, 2.45) is 0 Å². The van der Waals surface area contributed by atoms with E-state index >= 15 is 0 Å². The molecule has 2 aliphatic rings. The Balaban J connectivity index is 1.21. The van der Waals surface area contributed by atoms with Crippen LogP contribution in [0.15, 0.2) is 40.9 Å². The van der Waals surface area contributed by atoms with E-state index in [1.807, 2.05) is 35.2 Å². The minimum absolute atomic E-state index is 0.0803. The molecular weight excluding hydrogens is 342 g/mol. The summed E-state index contributed by atoms with van der Waals surface area (Å²) in [6.45, 7) is 1.37. The molecule has 1 N–H and O–H groups in total. The summed E-state index contributed by atoms with van der Waals surface area (Å²) in [6, 6.07) is 11.9. The van der Waals surface area contributed by atoms with Gasteiger partial charge < -0.3 is 14.7 Å². The maximum atomic E-state index is 12.4. The summed E-state index contributed by atoms with van der Waals surface area (Å²) in [5.74, 6) is 1.27. The van der Waals surface area contributed by atoms with Crippen LogP contribution in [0, 0.1) is 0 Å². The van der Waals surface area contributed by atoms with E-state index in [1.54, 1.807) is 6.07 Å². The van der Waals surface area contributed by atoms with Crippen LogP contribution in [0.25, 0.3) is 0 Å². The number of rotatable bonds is 6. The normalized spacial score (nSPS) is 17.7. The SMILES string of the molecule is O=C(NC1CCN(C(=O)CCc2ccccc2)CC1)c1cc(C2CC2)on1. The Morgan fingerprint density at radius 2 is 1.85 bits per heavy atom. The molecule has 6 heteroatoms. The highest BCUT2D eigenvalue weighted by molar-refractivity contribution is 5.92. The number of carbonyl (C=O) groups excluding carboxylic acids is 2. The number of benzene rings is 1. The second-order valence-corrected chi connectivity index (χ2v) is 7.50. The quantitative estimate of drug-likeness (QED) is 0.852. The van der Waals surface area contributed by atoms with Gasteiger partial charge in [-0.05, 0) is 37.7 Å². The van der Waals surface area contributed by atoms with Gasteiger partial charge >= 0.3 is 0 Å². The van der Waals surface area contributed by atoms with Crippen molar-refractivity contribution < 1.29 is 14.1 Å². The third-order valence-corrected chi connectivity index (χ3v) is 5.39. The fourth-order valence-electron chi connectivity index (χ4n) is 3.54. The molecule has 1 aliphatic heterocycles. The highest BCUT2D eigenvalue weighted by atomic mass is 16.5. The molecule has 0 radical (unpaired) electrons. The molecule has 2 amide bonds. The van der Waals surface area contributed by atoms with Gasteiger partial charge in [0.05, 0.1) is 0 Å². The number of nitrogens with zero attached hydrogens (tertiary/aromatic N) is 2. The molecular formula is C21H25N3O3. The van der Waals surface area contributed by atoms with Crippen LogP contribution >= 0.6 is 0 Å². The van der Waals surface area contributed by atoms with Gasteiger partial charge in [-0.25, -0.2) is 0 Å². The molecule has 0 unspecified atom stereocenters. The second kappa shape index (κ2) is 7.94. The van der Waals surface area contributed by atoms with Gasteiger partial charge in [0, 0.05) is 37.5 Å². The van der Waals surface area contributed by atoms with Gasteiger partial charge in [-0.15, -0.1) is 0 Å². The van der Waals surface area contributed by atoms with Crippen LogP contribution in [0.4, 0.5) is 0 Å². The van der Waals surface area contributed by atoms with Crippen molar-refractivity contribution in [3.05, 3.63) is 53.4 Å². The molecule has 142 valence electrons. The van der Waals surface area contributed by atoms with Crippen molar-refractivity contribution in [2.45, 2.75) is 50.5 Å². The Labute approximate surface area is 158 Å². The average Bonchev–Trinajstić information content (AvgIpc) is 3.44. The summed E-state index contributed by atoms with van der Waals surface area (Å²) in [5, 5.41) is 6.91. The van der Waals surface area contributed by atoms with E-state index in [0.717, 1.165) is 37.9 Å². The number of hydrogen-bond acceptors (Lipinski definition) is 4. The Morgan fingerprint density at radius 3 is 2.56 bits per heavy atom. The van der Waals surface area contributed by atoms with Crippen LogP contribution in [0.3, 0.4) is 0 Å². The van der Waals surface area contributed by atoms with E-state index in [0.29, 0.717) is 31.1 Å². The molecule has 27 heavy (non-hydrogen) atoms. The fraction of sp³-hybridized carbons (Fsp3) is 0.476. The predicted octanol–water partition coefficient (Wildman–Crippen LogP) is 2.91. The molecule has 4 rings (SSSR count). The van der Waals surface area contributed by atoms with Crippen molar-refractivity contribution >= 4 is 11.8 Å². The third-order valence-electron chi connectivity index (χ3n) is 5.39. The zero-order chi connectivity index (χ0) is 18.6. The molecule has 2 aromatic rings. The fourth-order valence-corrected chi connectivity index (χ4v) is 3.54. The molecule has 1 aromatic carbocycles. The van der Waals surface area contributed by atoms with E-state index in [1.165, 1.54) is 5.56 Å². The lowest BCUT2D eigenvalue weighted by molar-refractivity contribution is -0.132. The van der Waals surface area contributed by atoms with E-state index in [9.17, 15) is 9.59 Å². The van der Waals surface area contributed by atoms with E-state index in [4.69, 9.17) is 4.52 Å². The standard InChI is InChI=1S/C21H25N3O3/c25-20(9-6-15-4-2-1-3-5-15)24-12-10-17(11-13-24)22-21(26)18-14-19(27-23-18)16-7-8-16/h1-5,14,16-17H,6-13H2,(H,22,26). The topological polar surface area (TPSA) is 75.4 Å². The van der Waals surface area contributed by atoms with Crippen LogP contribution in [-0.2, 0) is 11.2 Å². The lowest BCUT2D eigenvalue weighted by Crippen LogP contribution is -2.46. The number of carbonyl (C=O) groups is 2. The monoisotopic (exact) mass is 367 g/mol. The van der Waals surface area contributed by atoms with Crippen molar-refractivity contribution in [1.29, 1.82) is 0 Å². The summed E-state index contributed by atoms with van der Waals surface area (Å²) >= 11 is 0. The first-order valence-corrected chi connectivity index (χ1v) is 9.78. The molecule has 1 saturated carbocycles. The van der Waals surface area contributed by atoms with Crippen LogP contribution in [0.5, 0.6) is 0 Å². The molecule has 0 spiro atoms. The zero-order valence-corrected chi connectivity index (χ0v) is 15.4. The third kappa shape index (κ3) is 4.56. The first kappa shape index (κ1) is 17.8. The van der Waals surface area contributed by atoms with Gasteiger partial charge in [-0.2, -0.15) is 0 Å². The van der Waals surface area contributed by atoms with Gasteiger partial charge in [-0.3, -0.25) is 9.59 Å². The number of aryl methyl sites for hydroxylation is 1. The Kier molecular flexibility index (Phi) is 5.23. The lowest BCUT2D eigenvalue weighted by Gasteiger charge is -2.32. The summed E-state index contributed by atoms with van der Waals surface area (Å²) in [7, 11) is 0. The van der Waals surface area contributed by atoms with Crippen molar-refractivity contribution in [1.82, 2.24) is 15.4 Å². The van der Waals surface area contributed by atoms with Gasteiger partial charge in [0.2, 0.25) is 5.91 Å². The van der Waals surface area contributed by atoms with Crippen molar-refractivity contribution in [3.8, 4) is 0 Å². The van der Waals surface area contributed by atoms with E-state index < -0.39 is 0 Å². The van der Waals surface area contributed by atoms with E-state index in [2.05, 4.69) is 10.5 Å². The van der Waals surface area contributed by atoms with Crippen molar-refractivity contribution in [2.75, 3.05) is 13.1 Å². The predicted molar refractivity (Wildman–Crippen MR) is 100 cm³/mol. The minimum atomic E-state index is -0.181. The minimum Gasteiger partial charge on any atom is -0.360 e. The molecule has 1 aliphatic carbocycles. The van der Waals surface area contributed by atoms with Crippen LogP contribution in [0.1, 0.15) is 59.8 Å². The van der Waals surface area contributed by atoms with Gasteiger partial charge in [-0.1, -0.05) is 35.5 Å².